The van der Waals surface area contributed by atoms with Crippen LogP contribution in [0.15, 0.2) is 6.33 Å². The summed E-state index contributed by atoms with van der Waals surface area (Å²) in [6.07, 6.45) is -0.788. The summed E-state index contributed by atoms with van der Waals surface area (Å²) in [6.45, 7) is 1.27. The number of nitrogens with two attached hydrogens (primary N) is 1. The van der Waals surface area contributed by atoms with E-state index in [2.05, 4.69) is 15.0 Å². The topological polar surface area (TPSA) is 119 Å². The number of aliphatic hydroxyl groups excluding tert-OH is 2. The maximum absolute atomic E-state index is 13.3. The van der Waals surface area contributed by atoms with Crippen molar-refractivity contribution in [3.63, 3.8) is 0 Å². The van der Waals surface area contributed by atoms with Gasteiger partial charge in [-0.15, -0.1) is 0 Å². The van der Waals surface area contributed by atoms with Crippen LogP contribution >= 0.6 is 0 Å². The Morgan fingerprint density at radius 1 is 1.60 bits per heavy atom. The fraction of sp³-hybridized carbons (Fsp3) is 0.545. The van der Waals surface area contributed by atoms with Crippen molar-refractivity contribution in [2.24, 2.45) is 0 Å². The molecule has 108 valence electrons. The van der Waals surface area contributed by atoms with E-state index in [0.717, 1.165) is 0 Å². The number of fused-ring (bicyclic) bond motifs is 1. The summed E-state index contributed by atoms with van der Waals surface area (Å²) in [5, 5.41) is 19.2. The molecule has 1 aliphatic rings. The molecule has 0 aromatic carbocycles. The summed E-state index contributed by atoms with van der Waals surface area (Å²) in [5.74, 6) is -0.0604. The zero-order valence-electron chi connectivity index (χ0n) is 10.7. The number of halogens is 1. The molecule has 0 bridgehead atoms. The van der Waals surface area contributed by atoms with Gasteiger partial charge in [-0.05, 0) is 6.92 Å². The molecule has 0 spiro atoms. The third-order valence-corrected chi connectivity index (χ3v) is 3.58. The van der Waals surface area contributed by atoms with Crippen LogP contribution < -0.4 is 5.73 Å². The molecule has 0 amide bonds. The number of hydrogen-bond acceptors (Lipinski definition) is 7. The number of aliphatic hydroxyl groups is 2. The predicted molar refractivity (Wildman–Crippen MR) is 65.9 cm³/mol. The highest BCUT2D eigenvalue weighted by molar-refractivity contribution is 5.81. The molecule has 1 aliphatic heterocycles. The molecular weight excluding hydrogens is 269 g/mol. The summed E-state index contributed by atoms with van der Waals surface area (Å²) in [5.41, 5.74) is 4.96. The van der Waals surface area contributed by atoms with Gasteiger partial charge in [-0.3, -0.25) is 4.57 Å². The van der Waals surface area contributed by atoms with Crippen molar-refractivity contribution in [1.29, 1.82) is 0 Å². The Bertz CT molecular complexity index is 663. The molecule has 9 heteroatoms. The van der Waals surface area contributed by atoms with Gasteiger partial charge in [0.05, 0.1) is 19.0 Å². The van der Waals surface area contributed by atoms with Gasteiger partial charge >= 0.3 is 6.08 Å². The summed E-state index contributed by atoms with van der Waals surface area (Å²) >= 11 is 0. The summed E-state index contributed by atoms with van der Waals surface area (Å²) in [7, 11) is 0. The fourth-order valence-corrected chi connectivity index (χ4v) is 2.31. The zero-order chi connectivity index (χ0) is 14.5. The van der Waals surface area contributed by atoms with Crippen molar-refractivity contribution in [2.45, 2.75) is 31.3 Å². The van der Waals surface area contributed by atoms with Crippen LogP contribution in [-0.2, 0) is 4.74 Å². The lowest BCUT2D eigenvalue weighted by Crippen LogP contribution is -2.39. The van der Waals surface area contributed by atoms with Gasteiger partial charge in [0.15, 0.2) is 17.0 Å². The number of anilines is 1. The van der Waals surface area contributed by atoms with E-state index in [1.807, 2.05) is 0 Å². The lowest BCUT2D eigenvalue weighted by atomic mass is 10.0. The summed E-state index contributed by atoms with van der Waals surface area (Å²) in [4.78, 5) is 11.1. The van der Waals surface area contributed by atoms with Crippen LogP contribution in [0, 0.1) is 6.08 Å². The lowest BCUT2D eigenvalue weighted by molar-refractivity contribution is -0.115. The Kier molecular flexibility index (Phi) is 2.85. The van der Waals surface area contributed by atoms with E-state index in [9.17, 15) is 14.6 Å². The SMILES string of the molecule is C[C@]1(CO)O[C@H](n2cnc3c(N)nc(F)nc32)C[C@@H]1O. The average Bonchev–Trinajstić information content (AvgIpc) is 2.92. The van der Waals surface area contributed by atoms with Crippen molar-refractivity contribution in [3.05, 3.63) is 12.4 Å². The number of aromatic nitrogens is 4. The molecule has 0 aliphatic carbocycles. The van der Waals surface area contributed by atoms with E-state index in [1.165, 1.54) is 10.9 Å². The maximum atomic E-state index is 13.3. The molecule has 3 atom stereocenters. The summed E-state index contributed by atoms with van der Waals surface area (Å²) in [6, 6.07) is 0. The van der Waals surface area contributed by atoms with Crippen LogP contribution in [0.4, 0.5) is 10.2 Å². The molecule has 20 heavy (non-hydrogen) atoms. The first kappa shape index (κ1) is 13.2. The van der Waals surface area contributed by atoms with E-state index < -0.39 is 24.0 Å². The van der Waals surface area contributed by atoms with Gasteiger partial charge in [0.25, 0.3) is 0 Å². The highest BCUT2D eigenvalue weighted by atomic mass is 19.1. The standard InChI is InChI=1S/C11H14FN5O3/c1-11(3-18)5(19)2-6(20-11)17-4-14-7-8(13)15-10(12)16-9(7)17/h4-6,18-19H,2-3H2,1H3,(H2,13,15,16)/t5-,6-,11+/m0/s1. The van der Waals surface area contributed by atoms with Gasteiger partial charge in [-0.2, -0.15) is 14.4 Å². The second-order valence-corrected chi connectivity index (χ2v) is 5.00. The molecule has 2 aromatic heterocycles. The van der Waals surface area contributed by atoms with Crippen LogP contribution in [0.5, 0.6) is 0 Å². The minimum atomic E-state index is -1.07. The minimum Gasteiger partial charge on any atom is -0.393 e. The molecule has 0 saturated carbocycles. The van der Waals surface area contributed by atoms with Gasteiger partial charge in [-0.25, -0.2) is 4.98 Å². The highest BCUT2D eigenvalue weighted by Crippen LogP contribution is 2.37. The molecule has 2 aromatic rings. The molecule has 1 saturated heterocycles. The number of nitrogen functional groups attached to an aromatic ring is 1. The Morgan fingerprint density at radius 2 is 2.35 bits per heavy atom. The van der Waals surface area contributed by atoms with Gasteiger partial charge in [0, 0.05) is 6.42 Å². The third kappa shape index (κ3) is 1.82. The van der Waals surface area contributed by atoms with E-state index in [4.69, 9.17) is 10.5 Å². The number of ether oxygens (including phenoxy) is 1. The van der Waals surface area contributed by atoms with Gasteiger partial charge in [0.2, 0.25) is 0 Å². The number of imidazole rings is 1. The van der Waals surface area contributed by atoms with Gasteiger partial charge in [0.1, 0.15) is 11.8 Å². The quantitative estimate of drug-likeness (QED) is 0.640. The second kappa shape index (κ2) is 4.33. The fourth-order valence-electron chi connectivity index (χ4n) is 2.31. The van der Waals surface area contributed by atoms with Gasteiger partial charge in [-0.1, -0.05) is 0 Å². The van der Waals surface area contributed by atoms with Crippen molar-refractivity contribution in [2.75, 3.05) is 12.3 Å². The lowest BCUT2D eigenvalue weighted by Gasteiger charge is -2.24. The van der Waals surface area contributed by atoms with Crippen LogP contribution in [-0.4, -0.2) is 48.0 Å². The monoisotopic (exact) mass is 283 g/mol. The van der Waals surface area contributed by atoms with Crippen LogP contribution in [0.1, 0.15) is 19.6 Å². The average molecular weight is 283 g/mol. The first-order chi connectivity index (χ1) is 9.44. The molecular formula is C11H14FN5O3. The van der Waals surface area contributed by atoms with Crippen molar-refractivity contribution in [1.82, 2.24) is 19.5 Å². The Labute approximate surface area is 113 Å². The second-order valence-electron chi connectivity index (χ2n) is 5.00. The van der Waals surface area contributed by atoms with Crippen molar-refractivity contribution in [3.8, 4) is 0 Å². The van der Waals surface area contributed by atoms with Crippen molar-refractivity contribution >= 4 is 17.0 Å². The Balaban J connectivity index is 2.04. The van der Waals surface area contributed by atoms with Crippen molar-refractivity contribution < 1.29 is 19.3 Å². The molecule has 3 rings (SSSR count). The van der Waals surface area contributed by atoms with Gasteiger partial charge < -0.3 is 20.7 Å². The van der Waals surface area contributed by atoms with E-state index in [-0.39, 0.29) is 30.0 Å². The van der Waals surface area contributed by atoms with E-state index >= 15 is 0 Å². The zero-order valence-corrected chi connectivity index (χ0v) is 10.7. The first-order valence-electron chi connectivity index (χ1n) is 6.07. The molecule has 1 fully saturated rings. The van der Waals surface area contributed by atoms with E-state index in [0.29, 0.717) is 0 Å². The highest BCUT2D eigenvalue weighted by Gasteiger charge is 2.45. The molecule has 3 heterocycles. The largest absolute Gasteiger partial charge is 0.393 e. The Hall–Kier alpha value is -1.84. The number of nitrogens with zero attached hydrogens (tertiary/aromatic N) is 4. The minimum absolute atomic E-state index is 0.0604. The number of hydrogen-bond donors (Lipinski definition) is 3. The normalized spacial score (nSPS) is 30.2. The van der Waals surface area contributed by atoms with Crippen LogP contribution in [0.3, 0.4) is 0 Å². The molecule has 0 unspecified atom stereocenters. The van der Waals surface area contributed by atoms with Crippen LogP contribution in [0.25, 0.3) is 11.2 Å². The maximum Gasteiger partial charge on any atom is 0.312 e. The molecule has 0 radical (unpaired) electrons. The molecule has 4 N–H and O–H groups in total. The van der Waals surface area contributed by atoms with E-state index in [1.54, 1.807) is 6.92 Å². The Morgan fingerprint density at radius 3 is 3.00 bits per heavy atom. The van der Waals surface area contributed by atoms with Crippen LogP contribution in [0.2, 0.25) is 0 Å². The predicted octanol–water partition coefficient (Wildman–Crippen LogP) is -0.422. The first-order valence-corrected chi connectivity index (χ1v) is 6.07. The summed E-state index contributed by atoms with van der Waals surface area (Å²) < 4.78 is 20.4. The molecule has 8 nitrogen and oxygen atoms in total. The number of rotatable bonds is 2. The third-order valence-electron chi connectivity index (χ3n) is 3.58. The smallest absolute Gasteiger partial charge is 0.312 e.